The maximum absolute atomic E-state index is 13.5. The van der Waals surface area contributed by atoms with E-state index in [0.717, 1.165) is 32.8 Å². The van der Waals surface area contributed by atoms with Gasteiger partial charge in [0.05, 0.1) is 25.1 Å². The number of aryl methyl sites for hydroxylation is 1. The van der Waals surface area contributed by atoms with Gasteiger partial charge in [0.15, 0.2) is 23.0 Å². The molecule has 148 valence electrons. The van der Waals surface area contributed by atoms with Gasteiger partial charge in [-0.05, 0) is 29.7 Å². The topological polar surface area (TPSA) is 58.9 Å². The minimum Gasteiger partial charge on any atom is -0.493 e. The summed E-state index contributed by atoms with van der Waals surface area (Å²) in [5.41, 5.74) is 0.794. The number of hydrogen-bond donors (Lipinski definition) is 0. The van der Waals surface area contributed by atoms with Crippen molar-refractivity contribution in [3.05, 3.63) is 46.8 Å². The van der Waals surface area contributed by atoms with Crippen molar-refractivity contribution in [2.24, 2.45) is 0 Å². The molecule has 5 rings (SSSR count). The van der Waals surface area contributed by atoms with E-state index in [1.807, 2.05) is 34.9 Å². The largest absolute Gasteiger partial charge is 0.493 e. The van der Waals surface area contributed by atoms with E-state index in [0.29, 0.717) is 34.5 Å². The molecule has 3 aromatic carbocycles. The number of methoxy groups -OCH3 is 2. The third kappa shape index (κ3) is 2.64. The van der Waals surface area contributed by atoms with Crippen LogP contribution in [0.2, 0.25) is 0 Å². The Morgan fingerprint density at radius 3 is 2.31 bits per heavy atom. The first-order valence-electron chi connectivity index (χ1n) is 9.17. The van der Waals surface area contributed by atoms with Crippen LogP contribution in [0.3, 0.4) is 0 Å². The average molecular weight is 456 g/mol. The fourth-order valence-electron chi connectivity index (χ4n) is 4.03. The molecule has 4 aromatic rings. The summed E-state index contributed by atoms with van der Waals surface area (Å²) in [7, 11) is 3.16. The Balaban J connectivity index is 2.00. The number of hydrogen-bond acceptors (Lipinski definition) is 5. The molecule has 0 radical (unpaired) electrons. The van der Waals surface area contributed by atoms with Crippen LogP contribution in [0.25, 0.3) is 32.4 Å². The number of pyridine rings is 1. The molecule has 1 aliphatic heterocycles. The standard InChI is InChI=1S/C22H18BrNO5/c1-26-17-9-15-13-4-3-12-7-19-20(29-11-28-19)8-14(12)21(13)24(6-5-23)22(25)16(15)10-18(17)27-2/h3-4,7-10H,5-6,11H2,1-2H3. The van der Waals surface area contributed by atoms with Gasteiger partial charge < -0.3 is 23.5 Å². The second-order valence-corrected chi connectivity index (χ2v) is 7.58. The lowest BCUT2D eigenvalue weighted by Crippen LogP contribution is -2.22. The van der Waals surface area contributed by atoms with Crippen LogP contribution in [0.5, 0.6) is 23.0 Å². The number of aromatic nitrogens is 1. The van der Waals surface area contributed by atoms with E-state index in [2.05, 4.69) is 15.9 Å². The molecule has 0 amide bonds. The van der Waals surface area contributed by atoms with Gasteiger partial charge in [-0.1, -0.05) is 28.1 Å². The van der Waals surface area contributed by atoms with Crippen LogP contribution in [-0.2, 0) is 6.54 Å². The van der Waals surface area contributed by atoms with Crippen LogP contribution in [0, 0.1) is 0 Å². The molecule has 0 fully saturated rings. The van der Waals surface area contributed by atoms with Gasteiger partial charge in [-0.3, -0.25) is 4.79 Å². The number of benzene rings is 3. The van der Waals surface area contributed by atoms with E-state index in [-0.39, 0.29) is 12.4 Å². The Morgan fingerprint density at radius 1 is 0.931 bits per heavy atom. The normalized spacial score (nSPS) is 12.8. The van der Waals surface area contributed by atoms with Gasteiger partial charge in [-0.2, -0.15) is 0 Å². The van der Waals surface area contributed by atoms with Crippen LogP contribution in [0.1, 0.15) is 0 Å². The number of fused-ring (bicyclic) bond motifs is 6. The first-order valence-corrected chi connectivity index (χ1v) is 10.3. The van der Waals surface area contributed by atoms with Gasteiger partial charge in [0.2, 0.25) is 6.79 Å². The monoisotopic (exact) mass is 455 g/mol. The van der Waals surface area contributed by atoms with Crippen molar-refractivity contribution in [2.45, 2.75) is 6.54 Å². The Morgan fingerprint density at radius 2 is 1.62 bits per heavy atom. The van der Waals surface area contributed by atoms with Gasteiger partial charge in [-0.25, -0.2) is 0 Å². The summed E-state index contributed by atoms with van der Waals surface area (Å²) in [6.07, 6.45) is 0. The molecule has 0 bridgehead atoms. The first kappa shape index (κ1) is 18.1. The summed E-state index contributed by atoms with van der Waals surface area (Å²) in [4.78, 5) is 13.5. The molecule has 0 saturated carbocycles. The van der Waals surface area contributed by atoms with E-state index in [4.69, 9.17) is 18.9 Å². The van der Waals surface area contributed by atoms with Gasteiger partial charge >= 0.3 is 0 Å². The average Bonchev–Trinajstić information content (AvgIpc) is 3.21. The van der Waals surface area contributed by atoms with E-state index in [1.54, 1.807) is 20.3 Å². The highest BCUT2D eigenvalue weighted by Gasteiger charge is 2.20. The SMILES string of the molecule is COc1cc2c(=O)n(CCBr)c3c4cc5c(cc4ccc3c2cc1OC)OCO5. The summed E-state index contributed by atoms with van der Waals surface area (Å²) in [6.45, 7) is 0.741. The van der Waals surface area contributed by atoms with Crippen LogP contribution in [-0.4, -0.2) is 30.9 Å². The molecule has 7 heteroatoms. The maximum Gasteiger partial charge on any atom is 0.259 e. The number of nitrogens with zero attached hydrogens (tertiary/aromatic N) is 1. The molecule has 0 atom stereocenters. The quantitative estimate of drug-likeness (QED) is 0.336. The van der Waals surface area contributed by atoms with Gasteiger partial charge in [-0.15, -0.1) is 0 Å². The number of halogens is 1. The van der Waals surface area contributed by atoms with Crippen LogP contribution in [0.15, 0.2) is 41.2 Å². The lowest BCUT2D eigenvalue weighted by Gasteiger charge is -2.16. The number of alkyl halides is 1. The fraction of sp³-hybridized carbons (Fsp3) is 0.227. The predicted octanol–water partition coefficient (Wildman–Crippen LogP) is 4.45. The zero-order valence-corrected chi connectivity index (χ0v) is 17.5. The van der Waals surface area contributed by atoms with Crippen molar-refractivity contribution in [2.75, 3.05) is 26.3 Å². The van der Waals surface area contributed by atoms with E-state index in [9.17, 15) is 4.79 Å². The third-order valence-corrected chi connectivity index (χ3v) is 5.71. The van der Waals surface area contributed by atoms with Crippen molar-refractivity contribution in [1.82, 2.24) is 4.57 Å². The molecular formula is C22H18BrNO5. The maximum atomic E-state index is 13.5. The molecule has 6 nitrogen and oxygen atoms in total. The summed E-state index contributed by atoms with van der Waals surface area (Å²) >= 11 is 3.49. The van der Waals surface area contributed by atoms with Crippen molar-refractivity contribution >= 4 is 48.4 Å². The predicted molar refractivity (Wildman–Crippen MR) is 116 cm³/mol. The molecule has 2 heterocycles. The van der Waals surface area contributed by atoms with E-state index in [1.165, 1.54) is 0 Å². The minimum atomic E-state index is -0.0712. The summed E-state index contributed by atoms with van der Waals surface area (Å²) in [6, 6.07) is 11.6. The van der Waals surface area contributed by atoms with Crippen LogP contribution in [0.4, 0.5) is 0 Å². The Labute approximate surface area is 174 Å². The van der Waals surface area contributed by atoms with Gasteiger partial charge in [0.25, 0.3) is 5.56 Å². The molecule has 29 heavy (non-hydrogen) atoms. The Kier molecular flexibility index (Phi) is 4.28. The summed E-state index contributed by atoms with van der Waals surface area (Å²) in [5.74, 6) is 2.53. The zero-order valence-electron chi connectivity index (χ0n) is 16.0. The van der Waals surface area contributed by atoms with Crippen molar-refractivity contribution < 1.29 is 18.9 Å². The van der Waals surface area contributed by atoms with Gasteiger partial charge in [0, 0.05) is 28.0 Å². The highest BCUT2D eigenvalue weighted by atomic mass is 79.9. The Hall–Kier alpha value is -2.93. The highest BCUT2D eigenvalue weighted by molar-refractivity contribution is 9.09. The van der Waals surface area contributed by atoms with Crippen LogP contribution >= 0.6 is 15.9 Å². The molecular weight excluding hydrogens is 438 g/mol. The van der Waals surface area contributed by atoms with Crippen molar-refractivity contribution in [1.29, 1.82) is 0 Å². The number of rotatable bonds is 4. The minimum absolute atomic E-state index is 0.0712. The molecule has 1 aliphatic rings. The molecule has 0 aliphatic carbocycles. The van der Waals surface area contributed by atoms with Crippen molar-refractivity contribution in [3.63, 3.8) is 0 Å². The van der Waals surface area contributed by atoms with E-state index < -0.39 is 0 Å². The smallest absolute Gasteiger partial charge is 0.259 e. The molecule has 0 N–H and O–H groups in total. The first-order chi connectivity index (χ1) is 14.2. The van der Waals surface area contributed by atoms with Crippen molar-refractivity contribution in [3.8, 4) is 23.0 Å². The molecule has 1 aromatic heterocycles. The molecule has 0 unspecified atom stereocenters. The molecule has 0 spiro atoms. The third-order valence-electron chi connectivity index (χ3n) is 5.35. The highest BCUT2D eigenvalue weighted by Crippen LogP contribution is 2.40. The summed E-state index contributed by atoms with van der Waals surface area (Å²) < 4.78 is 23.8. The molecule has 0 saturated heterocycles. The second-order valence-electron chi connectivity index (χ2n) is 6.79. The zero-order chi connectivity index (χ0) is 20.1. The summed E-state index contributed by atoms with van der Waals surface area (Å²) in [5, 5.41) is 4.98. The van der Waals surface area contributed by atoms with E-state index >= 15 is 0 Å². The second kappa shape index (κ2) is 6.84. The number of ether oxygens (including phenoxy) is 4. The lowest BCUT2D eigenvalue weighted by atomic mass is 10.00. The fourth-order valence-corrected chi connectivity index (χ4v) is 4.38. The van der Waals surface area contributed by atoms with Crippen LogP contribution < -0.4 is 24.5 Å². The Bertz CT molecular complexity index is 1340. The lowest BCUT2D eigenvalue weighted by molar-refractivity contribution is 0.174. The van der Waals surface area contributed by atoms with Gasteiger partial charge in [0.1, 0.15) is 0 Å².